The summed E-state index contributed by atoms with van der Waals surface area (Å²) in [6, 6.07) is 5.65. The van der Waals surface area contributed by atoms with Crippen LogP contribution in [0.15, 0.2) is 18.2 Å². The number of halogens is 1. The van der Waals surface area contributed by atoms with Crippen molar-refractivity contribution < 1.29 is 14.3 Å². The average molecular weight is 315 g/mol. The Labute approximate surface area is 131 Å². The molecule has 0 bridgehead atoms. The third-order valence-electron chi connectivity index (χ3n) is 2.88. The van der Waals surface area contributed by atoms with Crippen molar-refractivity contribution in [2.45, 2.75) is 13.0 Å². The van der Waals surface area contributed by atoms with Crippen molar-refractivity contribution in [2.24, 2.45) is 0 Å². The third kappa shape index (κ3) is 6.80. The Morgan fingerprint density at radius 1 is 1.33 bits per heavy atom. The molecule has 0 aromatic heterocycles. The van der Waals surface area contributed by atoms with Crippen LogP contribution in [-0.2, 0) is 16.1 Å². The molecule has 0 unspecified atom stereocenters. The average Bonchev–Trinajstić information content (AvgIpc) is 2.45. The van der Waals surface area contributed by atoms with Crippen molar-refractivity contribution in [2.75, 3.05) is 41.0 Å². The van der Waals surface area contributed by atoms with Gasteiger partial charge >= 0.3 is 0 Å². The Balaban J connectivity index is 2.41. The van der Waals surface area contributed by atoms with Crippen molar-refractivity contribution in [1.82, 2.24) is 10.2 Å². The highest BCUT2D eigenvalue weighted by Gasteiger charge is 2.06. The summed E-state index contributed by atoms with van der Waals surface area (Å²) in [5.41, 5.74) is 1.08. The Morgan fingerprint density at radius 2 is 2.10 bits per heavy atom. The first-order valence-electron chi connectivity index (χ1n) is 6.85. The van der Waals surface area contributed by atoms with Gasteiger partial charge in [-0.3, -0.25) is 4.79 Å². The fourth-order valence-electron chi connectivity index (χ4n) is 1.65. The Kier molecular flexibility index (Phi) is 8.12. The van der Waals surface area contributed by atoms with Gasteiger partial charge in [0.2, 0.25) is 5.91 Å². The number of nitrogens with zero attached hydrogens (tertiary/aromatic N) is 1. The van der Waals surface area contributed by atoms with Gasteiger partial charge in [-0.25, -0.2) is 0 Å². The molecule has 0 aliphatic rings. The summed E-state index contributed by atoms with van der Waals surface area (Å²) in [6.07, 6.45) is 0.337. The lowest BCUT2D eigenvalue weighted by atomic mass is 10.2. The highest BCUT2D eigenvalue weighted by Crippen LogP contribution is 2.25. The molecule has 6 heteroatoms. The number of carbonyl (C=O) groups is 1. The van der Waals surface area contributed by atoms with E-state index in [1.807, 2.05) is 18.2 Å². The van der Waals surface area contributed by atoms with Crippen molar-refractivity contribution in [3.8, 4) is 5.75 Å². The zero-order valence-electron chi connectivity index (χ0n) is 12.8. The van der Waals surface area contributed by atoms with Crippen LogP contribution >= 0.6 is 11.6 Å². The van der Waals surface area contributed by atoms with Crippen LogP contribution in [0.5, 0.6) is 5.75 Å². The number of ether oxygens (including phenoxy) is 2. The molecule has 118 valence electrons. The first kappa shape index (κ1) is 17.8. The molecule has 0 spiro atoms. The molecule has 5 nitrogen and oxygen atoms in total. The van der Waals surface area contributed by atoms with Gasteiger partial charge in [-0.2, -0.15) is 0 Å². The van der Waals surface area contributed by atoms with Gasteiger partial charge < -0.3 is 19.7 Å². The van der Waals surface area contributed by atoms with Gasteiger partial charge in [-0.15, -0.1) is 0 Å². The quantitative estimate of drug-likeness (QED) is 0.708. The van der Waals surface area contributed by atoms with E-state index in [9.17, 15) is 4.79 Å². The highest BCUT2D eigenvalue weighted by atomic mass is 35.5. The molecule has 0 radical (unpaired) electrons. The first-order valence-corrected chi connectivity index (χ1v) is 7.23. The fraction of sp³-hybridized carbons (Fsp3) is 0.533. The molecule has 1 amide bonds. The molecule has 0 saturated carbocycles. The van der Waals surface area contributed by atoms with Gasteiger partial charge in [0.1, 0.15) is 5.75 Å². The number of carbonyl (C=O) groups excluding carboxylic acids is 1. The SMILES string of the molecule is COCCNCc1ccc(OCCC(=O)N(C)C)c(Cl)c1. The van der Waals surface area contributed by atoms with E-state index in [1.165, 1.54) is 0 Å². The maximum Gasteiger partial charge on any atom is 0.225 e. The Hall–Kier alpha value is -1.30. The number of hydrogen-bond acceptors (Lipinski definition) is 4. The molecule has 1 aromatic carbocycles. The maximum absolute atomic E-state index is 11.4. The number of methoxy groups -OCH3 is 1. The summed E-state index contributed by atoms with van der Waals surface area (Å²) in [7, 11) is 5.12. The number of nitrogens with one attached hydrogen (secondary N) is 1. The summed E-state index contributed by atoms with van der Waals surface area (Å²) < 4.78 is 10.5. The molecule has 0 atom stereocenters. The molecule has 1 aromatic rings. The predicted molar refractivity (Wildman–Crippen MR) is 83.8 cm³/mol. The summed E-state index contributed by atoms with van der Waals surface area (Å²) in [5, 5.41) is 3.80. The first-order chi connectivity index (χ1) is 10.0. The van der Waals surface area contributed by atoms with Crippen LogP contribution in [0.25, 0.3) is 0 Å². The van der Waals surface area contributed by atoms with Gasteiger partial charge in [-0.05, 0) is 17.7 Å². The van der Waals surface area contributed by atoms with Gasteiger partial charge in [0.15, 0.2) is 0 Å². The lowest BCUT2D eigenvalue weighted by molar-refractivity contribution is -0.129. The van der Waals surface area contributed by atoms with E-state index in [0.717, 1.165) is 18.7 Å². The number of rotatable bonds is 9. The number of benzene rings is 1. The summed E-state index contributed by atoms with van der Waals surface area (Å²) in [4.78, 5) is 13.0. The van der Waals surface area contributed by atoms with Crippen molar-refractivity contribution in [3.05, 3.63) is 28.8 Å². The second kappa shape index (κ2) is 9.60. The molecular formula is C15H23ClN2O3. The molecule has 0 aliphatic carbocycles. The molecule has 21 heavy (non-hydrogen) atoms. The predicted octanol–water partition coefficient (Wildman–Crippen LogP) is 1.93. The van der Waals surface area contributed by atoms with Crippen molar-refractivity contribution in [1.29, 1.82) is 0 Å². The van der Waals surface area contributed by atoms with E-state index >= 15 is 0 Å². The van der Waals surface area contributed by atoms with Gasteiger partial charge in [0.25, 0.3) is 0 Å². The van der Waals surface area contributed by atoms with Crippen LogP contribution in [0, 0.1) is 0 Å². The molecule has 0 heterocycles. The lowest BCUT2D eigenvalue weighted by Crippen LogP contribution is -2.23. The molecule has 0 fully saturated rings. The van der Waals surface area contributed by atoms with Gasteiger partial charge in [0.05, 0.1) is 24.7 Å². The Morgan fingerprint density at radius 3 is 2.71 bits per heavy atom. The van der Waals surface area contributed by atoms with Gasteiger partial charge in [0, 0.05) is 34.3 Å². The highest BCUT2D eigenvalue weighted by molar-refractivity contribution is 6.32. The van der Waals surface area contributed by atoms with E-state index in [0.29, 0.717) is 30.4 Å². The summed E-state index contributed by atoms with van der Waals surface area (Å²) in [6.45, 7) is 2.51. The van der Waals surface area contributed by atoms with Crippen LogP contribution in [0.2, 0.25) is 5.02 Å². The van der Waals surface area contributed by atoms with Crippen LogP contribution in [0.4, 0.5) is 0 Å². The minimum Gasteiger partial charge on any atom is -0.491 e. The van der Waals surface area contributed by atoms with E-state index in [1.54, 1.807) is 26.1 Å². The molecule has 1 N–H and O–H groups in total. The molecule has 0 aliphatic heterocycles. The number of amides is 1. The molecule has 0 saturated heterocycles. The third-order valence-corrected chi connectivity index (χ3v) is 3.18. The van der Waals surface area contributed by atoms with Crippen molar-refractivity contribution in [3.63, 3.8) is 0 Å². The fourth-order valence-corrected chi connectivity index (χ4v) is 1.91. The number of hydrogen-bond donors (Lipinski definition) is 1. The van der Waals surface area contributed by atoms with Crippen LogP contribution in [-0.4, -0.2) is 51.8 Å². The molecule has 1 rings (SSSR count). The van der Waals surface area contributed by atoms with Gasteiger partial charge in [-0.1, -0.05) is 17.7 Å². The maximum atomic E-state index is 11.4. The minimum atomic E-state index is 0.0325. The smallest absolute Gasteiger partial charge is 0.225 e. The standard InChI is InChI=1S/C15H23ClN2O3/c1-18(2)15(19)6-8-21-14-5-4-12(10-13(14)16)11-17-7-9-20-3/h4-5,10,17H,6-9,11H2,1-3H3. The zero-order valence-corrected chi connectivity index (χ0v) is 13.6. The summed E-state index contributed by atoms with van der Waals surface area (Å²) in [5.74, 6) is 0.633. The van der Waals surface area contributed by atoms with Crippen LogP contribution < -0.4 is 10.1 Å². The van der Waals surface area contributed by atoms with E-state index in [4.69, 9.17) is 21.1 Å². The zero-order chi connectivity index (χ0) is 15.7. The lowest BCUT2D eigenvalue weighted by Gasteiger charge is -2.12. The van der Waals surface area contributed by atoms with E-state index in [-0.39, 0.29) is 5.91 Å². The Bertz CT molecular complexity index is 453. The van der Waals surface area contributed by atoms with E-state index in [2.05, 4.69) is 5.32 Å². The second-order valence-corrected chi connectivity index (χ2v) is 5.23. The largest absolute Gasteiger partial charge is 0.491 e. The summed E-state index contributed by atoms with van der Waals surface area (Å²) >= 11 is 6.17. The monoisotopic (exact) mass is 314 g/mol. The van der Waals surface area contributed by atoms with Crippen molar-refractivity contribution >= 4 is 17.5 Å². The topological polar surface area (TPSA) is 50.8 Å². The normalized spacial score (nSPS) is 10.5. The van der Waals surface area contributed by atoms with Crippen LogP contribution in [0.3, 0.4) is 0 Å². The molecular weight excluding hydrogens is 292 g/mol. The second-order valence-electron chi connectivity index (χ2n) is 4.82. The van der Waals surface area contributed by atoms with E-state index < -0.39 is 0 Å². The minimum absolute atomic E-state index is 0.0325. The van der Waals surface area contributed by atoms with Crippen LogP contribution in [0.1, 0.15) is 12.0 Å².